The summed E-state index contributed by atoms with van der Waals surface area (Å²) in [5.74, 6) is -1.25. The fraction of sp³-hybridized carbons (Fsp3) is 0.556. The van der Waals surface area contributed by atoms with E-state index in [-0.39, 0.29) is 32.1 Å². The second-order valence-corrected chi connectivity index (χ2v) is 3.05. The summed E-state index contributed by atoms with van der Waals surface area (Å²) in [5, 5.41) is 9.51. The van der Waals surface area contributed by atoms with Gasteiger partial charge in [0.1, 0.15) is 6.29 Å². The summed E-state index contributed by atoms with van der Waals surface area (Å²) in [6.45, 7) is -0.392. The second kappa shape index (κ2) is 9.28. The van der Waals surface area contributed by atoms with E-state index >= 15 is 0 Å². The molecule has 8 nitrogen and oxygen atoms in total. The van der Waals surface area contributed by atoms with Gasteiger partial charge >= 0.3 is 0 Å². The number of carbonyl (C=O) groups excluding carboxylic acids is 4. The molecule has 17 heavy (non-hydrogen) atoms. The van der Waals surface area contributed by atoms with E-state index in [0.717, 1.165) is 0 Å². The van der Waals surface area contributed by atoms with Crippen molar-refractivity contribution in [2.45, 2.75) is 0 Å². The Hall–Kier alpha value is -1.96. The highest BCUT2D eigenvalue weighted by atomic mass is 16.2. The molecule has 0 aromatic heterocycles. The number of hydrogen-bond acceptors (Lipinski definition) is 5. The van der Waals surface area contributed by atoms with Crippen LogP contribution in [0, 0.1) is 0 Å². The minimum atomic E-state index is -0.476. The SMILES string of the molecule is CNCC(=O)NCC(=O)NCC(=O)NCC=O. The zero-order valence-electron chi connectivity index (χ0n) is 9.54. The molecule has 0 rings (SSSR count). The van der Waals surface area contributed by atoms with Crippen LogP contribution in [0.15, 0.2) is 0 Å². The van der Waals surface area contributed by atoms with Gasteiger partial charge in [0.2, 0.25) is 17.7 Å². The summed E-state index contributed by atoms with van der Waals surface area (Å²) in [7, 11) is 1.61. The van der Waals surface area contributed by atoms with Crippen molar-refractivity contribution in [3.63, 3.8) is 0 Å². The van der Waals surface area contributed by atoms with Crippen molar-refractivity contribution in [1.82, 2.24) is 21.3 Å². The number of likely N-dealkylation sites (N-methyl/N-ethyl adjacent to an activating group) is 1. The molecule has 0 aromatic carbocycles. The molecule has 0 bridgehead atoms. The molecule has 8 heteroatoms. The summed E-state index contributed by atoms with van der Waals surface area (Å²) >= 11 is 0. The molecule has 0 fully saturated rings. The minimum Gasteiger partial charge on any atom is -0.348 e. The minimum absolute atomic E-state index is 0.0897. The molecular weight excluding hydrogens is 228 g/mol. The van der Waals surface area contributed by atoms with E-state index in [0.29, 0.717) is 6.29 Å². The lowest BCUT2D eigenvalue weighted by Gasteiger charge is -2.06. The Balaban J connectivity index is 3.62. The molecule has 0 unspecified atom stereocenters. The Morgan fingerprint density at radius 3 is 1.82 bits per heavy atom. The molecule has 0 heterocycles. The van der Waals surface area contributed by atoms with Gasteiger partial charge in [-0.2, -0.15) is 0 Å². The molecule has 0 aliphatic rings. The van der Waals surface area contributed by atoms with Gasteiger partial charge in [-0.05, 0) is 7.05 Å². The molecule has 0 aromatic rings. The molecule has 0 spiro atoms. The standard InChI is InChI=1S/C9H16N4O4/c1-10-4-7(15)12-6-9(17)13-5-8(16)11-2-3-14/h3,10H,2,4-6H2,1H3,(H,11,16)(H,12,15)(H,13,17). The molecule has 0 saturated carbocycles. The van der Waals surface area contributed by atoms with Crippen LogP contribution in [0.25, 0.3) is 0 Å². The van der Waals surface area contributed by atoms with Crippen LogP contribution in [0.4, 0.5) is 0 Å². The van der Waals surface area contributed by atoms with E-state index in [4.69, 9.17) is 0 Å². The third kappa shape index (κ3) is 9.00. The predicted octanol–water partition coefficient (Wildman–Crippen LogP) is -3.25. The van der Waals surface area contributed by atoms with Crippen molar-refractivity contribution in [3.8, 4) is 0 Å². The van der Waals surface area contributed by atoms with Crippen LogP contribution >= 0.6 is 0 Å². The molecular formula is C9H16N4O4. The average molecular weight is 244 g/mol. The lowest BCUT2D eigenvalue weighted by Crippen LogP contribution is -2.43. The molecule has 0 radical (unpaired) electrons. The van der Waals surface area contributed by atoms with Gasteiger partial charge in [0.15, 0.2) is 0 Å². The highest BCUT2D eigenvalue weighted by molar-refractivity contribution is 5.88. The highest BCUT2D eigenvalue weighted by Crippen LogP contribution is 1.68. The van der Waals surface area contributed by atoms with Gasteiger partial charge in [-0.15, -0.1) is 0 Å². The Kier molecular flexibility index (Phi) is 8.21. The van der Waals surface area contributed by atoms with Gasteiger partial charge in [-0.1, -0.05) is 0 Å². The molecule has 0 saturated heterocycles. The van der Waals surface area contributed by atoms with Crippen LogP contribution in [-0.2, 0) is 19.2 Å². The number of nitrogens with one attached hydrogen (secondary N) is 4. The molecule has 4 N–H and O–H groups in total. The van der Waals surface area contributed by atoms with E-state index in [2.05, 4.69) is 21.3 Å². The van der Waals surface area contributed by atoms with E-state index in [9.17, 15) is 19.2 Å². The molecule has 0 atom stereocenters. The molecule has 0 aliphatic carbocycles. The van der Waals surface area contributed by atoms with Gasteiger partial charge in [0, 0.05) is 0 Å². The quantitative estimate of drug-likeness (QED) is 0.335. The first kappa shape index (κ1) is 15.0. The summed E-state index contributed by atoms with van der Waals surface area (Å²) in [6.07, 6.45) is 0.539. The second-order valence-electron chi connectivity index (χ2n) is 3.05. The van der Waals surface area contributed by atoms with Gasteiger partial charge in [0.25, 0.3) is 0 Å². The van der Waals surface area contributed by atoms with Crippen LogP contribution < -0.4 is 21.3 Å². The van der Waals surface area contributed by atoms with Crippen molar-refractivity contribution >= 4 is 24.0 Å². The normalized spacial score (nSPS) is 9.24. The van der Waals surface area contributed by atoms with E-state index in [1.165, 1.54) is 0 Å². The first-order valence-corrected chi connectivity index (χ1v) is 4.98. The van der Waals surface area contributed by atoms with Gasteiger partial charge in [-0.25, -0.2) is 0 Å². The van der Waals surface area contributed by atoms with Gasteiger partial charge in [0.05, 0.1) is 26.2 Å². The summed E-state index contributed by atoms with van der Waals surface area (Å²) in [4.78, 5) is 43.0. The number of amides is 3. The van der Waals surface area contributed by atoms with Crippen molar-refractivity contribution < 1.29 is 19.2 Å². The topological polar surface area (TPSA) is 116 Å². The largest absolute Gasteiger partial charge is 0.348 e. The predicted molar refractivity (Wildman–Crippen MR) is 59.0 cm³/mol. The first-order chi connectivity index (χ1) is 8.10. The third-order valence-electron chi connectivity index (χ3n) is 1.61. The fourth-order valence-electron chi connectivity index (χ4n) is 0.861. The summed E-state index contributed by atoms with van der Waals surface area (Å²) in [6, 6.07) is 0. The summed E-state index contributed by atoms with van der Waals surface area (Å²) < 4.78 is 0. The Morgan fingerprint density at radius 2 is 1.35 bits per heavy atom. The highest BCUT2D eigenvalue weighted by Gasteiger charge is 2.06. The van der Waals surface area contributed by atoms with Crippen LogP contribution in [0.2, 0.25) is 0 Å². The Labute approximate surface area is 98.5 Å². The molecule has 96 valence electrons. The van der Waals surface area contributed by atoms with E-state index < -0.39 is 11.8 Å². The first-order valence-electron chi connectivity index (χ1n) is 4.98. The Bertz CT molecular complexity index is 293. The van der Waals surface area contributed by atoms with Crippen molar-refractivity contribution in [3.05, 3.63) is 0 Å². The number of aldehydes is 1. The summed E-state index contributed by atoms with van der Waals surface area (Å²) in [5.41, 5.74) is 0. The van der Waals surface area contributed by atoms with Crippen LogP contribution in [-0.4, -0.2) is 57.2 Å². The lowest BCUT2D eigenvalue weighted by atomic mass is 10.5. The van der Waals surface area contributed by atoms with Gasteiger partial charge < -0.3 is 26.1 Å². The van der Waals surface area contributed by atoms with Crippen LogP contribution in [0.1, 0.15) is 0 Å². The third-order valence-corrected chi connectivity index (χ3v) is 1.61. The Morgan fingerprint density at radius 1 is 0.882 bits per heavy atom. The molecule has 3 amide bonds. The van der Waals surface area contributed by atoms with Crippen LogP contribution in [0.5, 0.6) is 0 Å². The maximum Gasteiger partial charge on any atom is 0.239 e. The lowest BCUT2D eigenvalue weighted by molar-refractivity contribution is -0.127. The van der Waals surface area contributed by atoms with E-state index in [1.54, 1.807) is 7.05 Å². The van der Waals surface area contributed by atoms with Crippen molar-refractivity contribution in [1.29, 1.82) is 0 Å². The number of rotatable bonds is 8. The van der Waals surface area contributed by atoms with E-state index in [1.807, 2.05) is 0 Å². The van der Waals surface area contributed by atoms with Crippen molar-refractivity contribution in [2.75, 3.05) is 33.2 Å². The zero-order valence-corrected chi connectivity index (χ0v) is 9.54. The van der Waals surface area contributed by atoms with Crippen molar-refractivity contribution in [2.24, 2.45) is 0 Å². The monoisotopic (exact) mass is 244 g/mol. The zero-order chi connectivity index (χ0) is 13.1. The molecule has 0 aliphatic heterocycles. The maximum atomic E-state index is 11.1. The fourth-order valence-corrected chi connectivity index (χ4v) is 0.861. The van der Waals surface area contributed by atoms with Gasteiger partial charge in [-0.3, -0.25) is 14.4 Å². The average Bonchev–Trinajstić information content (AvgIpc) is 2.31. The number of carbonyl (C=O) groups is 4. The van der Waals surface area contributed by atoms with Crippen LogP contribution in [0.3, 0.4) is 0 Å². The number of hydrogen-bond donors (Lipinski definition) is 4. The maximum absolute atomic E-state index is 11.1. The smallest absolute Gasteiger partial charge is 0.239 e.